The number of aliphatic carboxylic acids is 1. The van der Waals surface area contributed by atoms with Crippen molar-refractivity contribution in [1.29, 1.82) is 0 Å². The Morgan fingerprint density at radius 1 is 1.11 bits per heavy atom. The zero-order chi connectivity index (χ0) is 25.3. The molecule has 1 unspecified atom stereocenters. The number of phenols is 1. The Hall–Kier alpha value is -4.40. The van der Waals surface area contributed by atoms with Crippen LogP contribution in [0, 0.1) is 12.7 Å². The van der Waals surface area contributed by atoms with Crippen LogP contribution in [-0.2, 0) is 11.3 Å². The Kier molecular flexibility index (Phi) is 6.42. The quantitative estimate of drug-likeness (QED) is 0.363. The number of carbonyl (C=O) groups excluding carboxylic acids is 1. The lowest BCUT2D eigenvalue weighted by Gasteiger charge is -2.14. The minimum atomic E-state index is -1.23. The highest BCUT2D eigenvalue weighted by atomic mass is 19.1. The standard InChI is InChI=1S/C26H23FN2O6/c1-14-23(24(31)17-5-7-18(30)8-6-17)19-9-11-22(34-3)28-25(19)29(14)13-16-4-10-20(27)21(12-16)35-15(2)26(32)33/h4-12,15,30H,13H2,1-3H3,(H,32,33). The lowest BCUT2D eigenvalue weighted by molar-refractivity contribution is -0.144. The summed E-state index contributed by atoms with van der Waals surface area (Å²) >= 11 is 0. The van der Waals surface area contributed by atoms with Gasteiger partial charge in [0.15, 0.2) is 23.5 Å². The average molecular weight is 478 g/mol. The summed E-state index contributed by atoms with van der Waals surface area (Å²) in [7, 11) is 1.49. The number of nitrogens with zero attached hydrogens (tertiary/aromatic N) is 2. The molecule has 4 rings (SSSR count). The molecule has 0 saturated heterocycles. The van der Waals surface area contributed by atoms with E-state index in [-0.39, 0.29) is 23.8 Å². The first-order chi connectivity index (χ1) is 16.7. The predicted molar refractivity (Wildman–Crippen MR) is 126 cm³/mol. The summed E-state index contributed by atoms with van der Waals surface area (Å²) in [6, 6.07) is 13.6. The topological polar surface area (TPSA) is 111 Å². The van der Waals surface area contributed by atoms with Gasteiger partial charge in [-0.1, -0.05) is 6.07 Å². The lowest BCUT2D eigenvalue weighted by Crippen LogP contribution is -2.23. The number of rotatable bonds is 8. The maximum Gasteiger partial charge on any atom is 0.344 e. The SMILES string of the molecule is COc1ccc2c(C(=O)c3ccc(O)cc3)c(C)n(Cc3ccc(F)c(OC(C)C(=O)O)c3)c2n1. The highest BCUT2D eigenvalue weighted by Gasteiger charge is 2.23. The molecule has 4 aromatic rings. The van der Waals surface area contributed by atoms with Crippen molar-refractivity contribution in [2.75, 3.05) is 7.11 Å². The normalized spacial score (nSPS) is 11.9. The Balaban J connectivity index is 1.81. The summed E-state index contributed by atoms with van der Waals surface area (Å²) in [4.78, 5) is 29.1. The summed E-state index contributed by atoms with van der Waals surface area (Å²) in [6.07, 6.45) is -1.23. The maximum atomic E-state index is 14.3. The van der Waals surface area contributed by atoms with Gasteiger partial charge in [-0.25, -0.2) is 9.18 Å². The highest BCUT2D eigenvalue weighted by molar-refractivity contribution is 6.17. The van der Waals surface area contributed by atoms with Gasteiger partial charge in [0.1, 0.15) is 11.4 Å². The number of halogens is 1. The Bertz CT molecular complexity index is 1430. The van der Waals surface area contributed by atoms with Crippen molar-refractivity contribution in [3.8, 4) is 17.4 Å². The van der Waals surface area contributed by atoms with Crippen LogP contribution in [0.4, 0.5) is 4.39 Å². The van der Waals surface area contributed by atoms with Crippen LogP contribution in [0.1, 0.15) is 34.1 Å². The van der Waals surface area contributed by atoms with E-state index < -0.39 is 17.9 Å². The van der Waals surface area contributed by atoms with E-state index in [1.54, 1.807) is 37.3 Å². The van der Waals surface area contributed by atoms with E-state index in [0.29, 0.717) is 39.3 Å². The predicted octanol–water partition coefficient (Wildman–Crippen LogP) is 4.33. The van der Waals surface area contributed by atoms with Crippen LogP contribution in [0.3, 0.4) is 0 Å². The van der Waals surface area contributed by atoms with Crippen molar-refractivity contribution in [1.82, 2.24) is 9.55 Å². The van der Waals surface area contributed by atoms with E-state index in [1.807, 2.05) is 4.57 Å². The molecule has 180 valence electrons. The molecular weight excluding hydrogens is 455 g/mol. The lowest BCUT2D eigenvalue weighted by atomic mass is 10.0. The van der Waals surface area contributed by atoms with E-state index >= 15 is 0 Å². The van der Waals surface area contributed by atoms with Crippen molar-refractivity contribution < 1.29 is 33.7 Å². The Morgan fingerprint density at radius 3 is 2.49 bits per heavy atom. The van der Waals surface area contributed by atoms with Gasteiger partial charge in [0.05, 0.1) is 12.7 Å². The molecule has 2 aromatic heterocycles. The molecule has 2 heterocycles. The zero-order valence-corrected chi connectivity index (χ0v) is 19.3. The van der Waals surface area contributed by atoms with Crippen molar-refractivity contribution in [3.05, 3.63) is 82.8 Å². The first-order valence-corrected chi connectivity index (χ1v) is 10.7. The van der Waals surface area contributed by atoms with Gasteiger partial charge < -0.3 is 24.3 Å². The number of aromatic hydroxyl groups is 1. The number of benzene rings is 2. The molecule has 0 bridgehead atoms. The van der Waals surface area contributed by atoms with Gasteiger partial charge in [-0.3, -0.25) is 4.79 Å². The fraction of sp³-hybridized carbons (Fsp3) is 0.192. The number of carboxylic acid groups (broad SMARTS) is 1. The Labute approximate surface area is 200 Å². The van der Waals surface area contributed by atoms with Gasteiger partial charge in [-0.15, -0.1) is 0 Å². The number of aromatic nitrogens is 2. The molecule has 2 N–H and O–H groups in total. The van der Waals surface area contributed by atoms with E-state index in [4.69, 9.17) is 14.6 Å². The van der Waals surface area contributed by atoms with Crippen molar-refractivity contribution in [2.45, 2.75) is 26.5 Å². The molecule has 0 fully saturated rings. The fourth-order valence-electron chi connectivity index (χ4n) is 3.83. The second-order valence-electron chi connectivity index (χ2n) is 8.01. The van der Waals surface area contributed by atoms with Crippen LogP contribution >= 0.6 is 0 Å². The van der Waals surface area contributed by atoms with Crippen LogP contribution < -0.4 is 9.47 Å². The number of methoxy groups -OCH3 is 1. The number of carbonyl (C=O) groups is 2. The number of ketones is 1. The van der Waals surface area contributed by atoms with Crippen molar-refractivity contribution in [3.63, 3.8) is 0 Å². The minimum absolute atomic E-state index is 0.0543. The third kappa shape index (κ3) is 4.65. The number of phenolic OH excluding ortho intramolecular Hbond substituents is 1. The molecule has 9 heteroatoms. The van der Waals surface area contributed by atoms with Crippen molar-refractivity contribution >= 4 is 22.8 Å². The van der Waals surface area contributed by atoms with E-state index in [2.05, 4.69) is 4.98 Å². The van der Waals surface area contributed by atoms with E-state index in [0.717, 1.165) is 0 Å². The van der Waals surface area contributed by atoms with Gasteiger partial charge in [-0.05, 0) is 61.9 Å². The van der Waals surface area contributed by atoms with Gasteiger partial charge in [-0.2, -0.15) is 4.98 Å². The third-order valence-corrected chi connectivity index (χ3v) is 5.69. The van der Waals surface area contributed by atoms with Gasteiger partial charge in [0.2, 0.25) is 5.88 Å². The maximum absolute atomic E-state index is 14.3. The smallest absolute Gasteiger partial charge is 0.344 e. The molecule has 0 aliphatic carbocycles. The molecule has 1 atom stereocenters. The molecule has 35 heavy (non-hydrogen) atoms. The average Bonchev–Trinajstić information content (AvgIpc) is 3.11. The summed E-state index contributed by atoms with van der Waals surface area (Å²) in [5.74, 6) is -1.90. The van der Waals surface area contributed by atoms with Gasteiger partial charge in [0, 0.05) is 29.3 Å². The van der Waals surface area contributed by atoms with Crippen LogP contribution in [0.5, 0.6) is 17.4 Å². The molecular formula is C26H23FN2O6. The summed E-state index contributed by atoms with van der Waals surface area (Å²) in [6.45, 7) is 3.31. The molecule has 0 radical (unpaired) electrons. The molecule has 2 aromatic carbocycles. The molecule has 0 saturated carbocycles. The van der Waals surface area contributed by atoms with Crippen LogP contribution in [0.15, 0.2) is 54.6 Å². The Morgan fingerprint density at radius 2 is 1.83 bits per heavy atom. The van der Waals surface area contributed by atoms with E-state index in [9.17, 15) is 19.1 Å². The number of hydrogen-bond donors (Lipinski definition) is 2. The molecule has 8 nitrogen and oxygen atoms in total. The molecule has 0 spiro atoms. The minimum Gasteiger partial charge on any atom is -0.508 e. The largest absolute Gasteiger partial charge is 0.508 e. The first-order valence-electron chi connectivity index (χ1n) is 10.7. The van der Waals surface area contributed by atoms with Crippen LogP contribution in [0.25, 0.3) is 11.0 Å². The van der Waals surface area contributed by atoms with Crippen molar-refractivity contribution in [2.24, 2.45) is 0 Å². The van der Waals surface area contributed by atoms with Crippen LogP contribution in [0.2, 0.25) is 0 Å². The van der Waals surface area contributed by atoms with E-state index in [1.165, 1.54) is 38.3 Å². The summed E-state index contributed by atoms with van der Waals surface area (Å²) in [5, 5.41) is 19.3. The monoisotopic (exact) mass is 478 g/mol. The number of carboxylic acids is 1. The summed E-state index contributed by atoms with van der Waals surface area (Å²) < 4.78 is 26.6. The zero-order valence-electron chi connectivity index (χ0n) is 19.3. The van der Waals surface area contributed by atoms with Gasteiger partial charge >= 0.3 is 5.97 Å². The summed E-state index contributed by atoms with van der Waals surface area (Å²) in [5.41, 5.74) is 2.59. The number of pyridine rings is 1. The first kappa shape index (κ1) is 23.7. The second-order valence-corrected chi connectivity index (χ2v) is 8.01. The third-order valence-electron chi connectivity index (χ3n) is 5.69. The highest BCUT2D eigenvalue weighted by Crippen LogP contribution is 2.31. The fourth-order valence-corrected chi connectivity index (χ4v) is 3.83. The van der Waals surface area contributed by atoms with Crippen LogP contribution in [-0.4, -0.2) is 44.7 Å². The number of hydrogen-bond acceptors (Lipinski definition) is 6. The van der Waals surface area contributed by atoms with Gasteiger partial charge in [0.25, 0.3) is 0 Å². The molecule has 0 amide bonds. The second kappa shape index (κ2) is 9.46. The number of ether oxygens (including phenoxy) is 2. The molecule has 0 aliphatic heterocycles. The molecule has 0 aliphatic rings. The number of fused-ring (bicyclic) bond motifs is 1.